The first-order valence-electron chi connectivity index (χ1n) is 9.20. The van der Waals surface area contributed by atoms with E-state index in [4.69, 9.17) is 16.2 Å². The summed E-state index contributed by atoms with van der Waals surface area (Å²) in [6.07, 6.45) is 13.9. The van der Waals surface area contributed by atoms with E-state index in [2.05, 4.69) is 13.8 Å². The summed E-state index contributed by atoms with van der Waals surface area (Å²) < 4.78 is 5.65. The van der Waals surface area contributed by atoms with Gasteiger partial charge in [-0.25, -0.2) is 0 Å². The average molecular weight is 301 g/mol. The van der Waals surface area contributed by atoms with Crippen LogP contribution in [0.1, 0.15) is 84.5 Å². The Morgan fingerprint density at radius 3 is 1.90 bits per heavy atom. The van der Waals surface area contributed by atoms with E-state index >= 15 is 0 Å². The topological polar surface area (TPSA) is 61.3 Å². The van der Waals surface area contributed by atoms with E-state index in [1.54, 1.807) is 0 Å². The Labute approximate surface area is 133 Å². The van der Waals surface area contributed by atoms with Crippen LogP contribution in [0.4, 0.5) is 0 Å². The van der Waals surface area contributed by atoms with Crippen molar-refractivity contribution in [3.05, 3.63) is 0 Å². The van der Waals surface area contributed by atoms with Crippen LogP contribution < -0.4 is 11.5 Å². The summed E-state index contributed by atoms with van der Waals surface area (Å²) in [5, 5.41) is 0. The van der Waals surface area contributed by atoms with Gasteiger partial charge in [-0.15, -0.1) is 0 Å². The van der Waals surface area contributed by atoms with Crippen molar-refractivity contribution < 1.29 is 4.74 Å². The molecule has 21 heavy (non-hydrogen) atoms. The van der Waals surface area contributed by atoms with Gasteiger partial charge >= 0.3 is 0 Å². The third-order valence-electron chi connectivity index (χ3n) is 3.97. The molecule has 1 atom stereocenters. The van der Waals surface area contributed by atoms with Gasteiger partial charge in [0.05, 0.1) is 0 Å². The summed E-state index contributed by atoms with van der Waals surface area (Å²) >= 11 is 0. The summed E-state index contributed by atoms with van der Waals surface area (Å²) in [6, 6.07) is 0.259. The van der Waals surface area contributed by atoms with Gasteiger partial charge in [-0.3, -0.25) is 0 Å². The molecule has 0 heterocycles. The Morgan fingerprint density at radius 1 is 0.714 bits per heavy atom. The van der Waals surface area contributed by atoms with Gasteiger partial charge in [-0.2, -0.15) is 0 Å². The number of unbranched alkanes of at least 4 members (excludes halogenated alkanes) is 6. The van der Waals surface area contributed by atoms with Crippen molar-refractivity contribution >= 4 is 0 Å². The predicted molar refractivity (Wildman–Crippen MR) is 93.5 cm³/mol. The monoisotopic (exact) mass is 300 g/mol. The first-order valence-corrected chi connectivity index (χ1v) is 9.20. The number of ether oxygens (including phenoxy) is 1. The molecule has 1 unspecified atom stereocenters. The smallest absolute Gasteiger partial charge is 0.0466 e. The maximum atomic E-state index is 5.90. The zero-order valence-electron chi connectivity index (χ0n) is 14.6. The van der Waals surface area contributed by atoms with Crippen LogP contribution in [0.15, 0.2) is 0 Å². The van der Waals surface area contributed by atoms with Crippen LogP contribution in [-0.4, -0.2) is 25.8 Å². The van der Waals surface area contributed by atoms with E-state index < -0.39 is 0 Å². The fourth-order valence-corrected chi connectivity index (χ4v) is 2.55. The fourth-order valence-electron chi connectivity index (χ4n) is 2.55. The van der Waals surface area contributed by atoms with Gasteiger partial charge in [0.1, 0.15) is 0 Å². The Hall–Kier alpha value is -0.120. The molecule has 0 amide bonds. The van der Waals surface area contributed by atoms with Crippen molar-refractivity contribution in [3.63, 3.8) is 0 Å². The third kappa shape index (κ3) is 17.8. The first kappa shape index (κ1) is 20.9. The van der Waals surface area contributed by atoms with Crippen molar-refractivity contribution in [2.45, 2.75) is 90.5 Å². The lowest BCUT2D eigenvalue weighted by atomic mass is 10.0. The molecule has 0 aliphatic heterocycles. The standard InChI is InChI=1S/C18H40N2O/c1-17(2)11-8-6-4-3-5-7-9-15-21-16-10-12-18(20)13-14-19/h17-18H,3-16,19-20H2,1-2H3. The molecular formula is C18H40N2O. The number of hydrogen-bond donors (Lipinski definition) is 2. The Kier molecular flexibility index (Phi) is 16.2. The summed E-state index contributed by atoms with van der Waals surface area (Å²) in [5.41, 5.74) is 11.4. The summed E-state index contributed by atoms with van der Waals surface area (Å²) in [6.45, 7) is 7.09. The second kappa shape index (κ2) is 16.3. The number of nitrogens with two attached hydrogens (primary N) is 2. The van der Waals surface area contributed by atoms with Crippen LogP contribution in [0.2, 0.25) is 0 Å². The molecule has 0 saturated heterocycles. The molecule has 0 spiro atoms. The molecule has 0 saturated carbocycles. The first-order chi connectivity index (χ1) is 10.2. The molecule has 3 heteroatoms. The van der Waals surface area contributed by atoms with E-state index in [9.17, 15) is 0 Å². The van der Waals surface area contributed by atoms with Crippen molar-refractivity contribution in [1.29, 1.82) is 0 Å². The van der Waals surface area contributed by atoms with E-state index in [1.807, 2.05) is 0 Å². The van der Waals surface area contributed by atoms with Gasteiger partial charge in [0, 0.05) is 19.3 Å². The molecule has 0 aliphatic carbocycles. The van der Waals surface area contributed by atoms with E-state index in [0.717, 1.165) is 38.4 Å². The van der Waals surface area contributed by atoms with Gasteiger partial charge in [0.25, 0.3) is 0 Å². The molecule has 0 aromatic rings. The van der Waals surface area contributed by atoms with Crippen molar-refractivity contribution in [1.82, 2.24) is 0 Å². The van der Waals surface area contributed by atoms with Crippen LogP contribution in [0.25, 0.3) is 0 Å². The van der Waals surface area contributed by atoms with Crippen LogP contribution in [0.5, 0.6) is 0 Å². The number of hydrogen-bond acceptors (Lipinski definition) is 3. The molecular weight excluding hydrogens is 260 g/mol. The molecule has 0 radical (unpaired) electrons. The van der Waals surface area contributed by atoms with Gasteiger partial charge < -0.3 is 16.2 Å². The molecule has 0 aromatic heterocycles. The maximum absolute atomic E-state index is 5.90. The minimum Gasteiger partial charge on any atom is -0.381 e. The lowest BCUT2D eigenvalue weighted by Crippen LogP contribution is -2.23. The van der Waals surface area contributed by atoms with Gasteiger partial charge in [0.15, 0.2) is 0 Å². The summed E-state index contributed by atoms with van der Waals surface area (Å²) in [5.74, 6) is 0.868. The average Bonchev–Trinajstić information content (AvgIpc) is 2.44. The maximum Gasteiger partial charge on any atom is 0.0466 e. The summed E-state index contributed by atoms with van der Waals surface area (Å²) in [4.78, 5) is 0. The highest BCUT2D eigenvalue weighted by Gasteiger charge is 2.00. The minimum absolute atomic E-state index is 0.259. The molecule has 4 N–H and O–H groups in total. The predicted octanol–water partition coefficient (Wildman–Crippen LogP) is 4.24. The lowest BCUT2D eigenvalue weighted by Gasteiger charge is -2.10. The SMILES string of the molecule is CC(C)CCCCCCCCCOCCCC(N)CCN. The molecule has 0 aromatic carbocycles. The van der Waals surface area contributed by atoms with E-state index in [-0.39, 0.29) is 6.04 Å². The Morgan fingerprint density at radius 2 is 1.29 bits per heavy atom. The largest absolute Gasteiger partial charge is 0.381 e. The second-order valence-corrected chi connectivity index (χ2v) is 6.75. The highest BCUT2D eigenvalue weighted by Crippen LogP contribution is 2.12. The quantitative estimate of drug-likeness (QED) is 0.419. The molecule has 0 rings (SSSR count). The fraction of sp³-hybridized carbons (Fsp3) is 1.00. The van der Waals surface area contributed by atoms with E-state index in [0.29, 0.717) is 6.54 Å². The molecule has 3 nitrogen and oxygen atoms in total. The highest BCUT2D eigenvalue weighted by atomic mass is 16.5. The zero-order chi connectivity index (χ0) is 15.8. The van der Waals surface area contributed by atoms with Gasteiger partial charge in [-0.1, -0.05) is 58.8 Å². The summed E-state index contributed by atoms with van der Waals surface area (Å²) in [7, 11) is 0. The van der Waals surface area contributed by atoms with Crippen LogP contribution in [0.3, 0.4) is 0 Å². The zero-order valence-corrected chi connectivity index (χ0v) is 14.6. The Bertz CT molecular complexity index is 198. The van der Waals surface area contributed by atoms with Crippen LogP contribution in [0, 0.1) is 5.92 Å². The van der Waals surface area contributed by atoms with Crippen LogP contribution in [-0.2, 0) is 4.74 Å². The van der Waals surface area contributed by atoms with Crippen molar-refractivity contribution in [3.8, 4) is 0 Å². The van der Waals surface area contributed by atoms with Gasteiger partial charge in [0.2, 0.25) is 0 Å². The number of rotatable bonds is 16. The Balaban J connectivity index is 3.02. The normalized spacial score (nSPS) is 13.0. The van der Waals surface area contributed by atoms with E-state index in [1.165, 1.54) is 51.4 Å². The van der Waals surface area contributed by atoms with Gasteiger partial charge in [-0.05, 0) is 38.1 Å². The molecule has 0 fully saturated rings. The molecule has 0 bridgehead atoms. The lowest BCUT2D eigenvalue weighted by molar-refractivity contribution is 0.124. The van der Waals surface area contributed by atoms with Crippen LogP contribution >= 0.6 is 0 Å². The van der Waals surface area contributed by atoms with Crippen molar-refractivity contribution in [2.75, 3.05) is 19.8 Å². The molecule has 128 valence electrons. The third-order valence-corrected chi connectivity index (χ3v) is 3.97. The minimum atomic E-state index is 0.259. The highest BCUT2D eigenvalue weighted by molar-refractivity contribution is 4.61. The van der Waals surface area contributed by atoms with Crippen molar-refractivity contribution in [2.24, 2.45) is 17.4 Å². The second-order valence-electron chi connectivity index (χ2n) is 6.75. The molecule has 0 aliphatic rings.